The molecule has 1 aromatic rings. The molecule has 4 heteroatoms. The largest absolute Gasteiger partial charge is 0.241 e. The maximum absolute atomic E-state index is 12.3. The molecular formula is C14H21NO2S. The van der Waals surface area contributed by atoms with E-state index >= 15 is 0 Å². The fourth-order valence-corrected chi connectivity index (χ4v) is 4.28. The molecule has 0 heterocycles. The Hall–Kier alpha value is -0.870. The number of sulfonamides is 1. The molecule has 1 aliphatic carbocycles. The number of benzene rings is 1. The molecule has 0 aromatic heterocycles. The molecule has 0 radical (unpaired) electrons. The lowest BCUT2D eigenvalue weighted by molar-refractivity contribution is 0.424. The molecule has 0 bridgehead atoms. The van der Waals surface area contributed by atoms with Crippen LogP contribution in [0.4, 0.5) is 0 Å². The third-order valence-electron chi connectivity index (χ3n) is 3.83. The minimum Gasteiger partial charge on any atom is -0.208 e. The van der Waals surface area contributed by atoms with Crippen molar-refractivity contribution in [2.24, 2.45) is 5.92 Å². The van der Waals surface area contributed by atoms with Gasteiger partial charge in [-0.2, -0.15) is 0 Å². The first-order chi connectivity index (χ1) is 8.50. The van der Waals surface area contributed by atoms with Crippen LogP contribution >= 0.6 is 0 Å². The summed E-state index contributed by atoms with van der Waals surface area (Å²) in [6.45, 7) is 3.81. The molecule has 100 valence electrons. The summed E-state index contributed by atoms with van der Waals surface area (Å²) in [7, 11) is -3.38. The van der Waals surface area contributed by atoms with E-state index in [1.807, 2.05) is 26.0 Å². The van der Waals surface area contributed by atoms with E-state index in [1.165, 1.54) is 12.8 Å². The first kappa shape index (κ1) is 13.6. The summed E-state index contributed by atoms with van der Waals surface area (Å²) in [6, 6.07) is 7.14. The van der Waals surface area contributed by atoms with Gasteiger partial charge >= 0.3 is 0 Å². The van der Waals surface area contributed by atoms with Crippen LogP contribution < -0.4 is 4.72 Å². The number of rotatable bonds is 4. The topological polar surface area (TPSA) is 46.2 Å². The van der Waals surface area contributed by atoms with Gasteiger partial charge in [0.05, 0.1) is 4.90 Å². The molecule has 1 unspecified atom stereocenters. The van der Waals surface area contributed by atoms with Crippen LogP contribution in [0.15, 0.2) is 29.2 Å². The second-order valence-corrected chi connectivity index (χ2v) is 6.90. The molecule has 18 heavy (non-hydrogen) atoms. The number of aryl methyl sites for hydroxylation is 1. The average Bonchev–Trinajstić information content (AvgIpc) is 2.82. The van der Waals surface area contributed by atoms with Crippen molar-refractivity contribution in [3.63, 3.8) is 0 Å². The van der Waals surface area contributed by atoms with Gasteiger partial charge in [0.1, 0.15) is 0 Å². The molecule has 1 fully saturated rings. The van der Waals surface area contributed by atoms with Crippen molar-refractivity contribution in [2.45, 2.75) is 50.5 Å². The fraction of sp³-hybridized carbons (Fsp3) is 0.571. The van der Waals surface area contributed by atoms with Gasteiger partial charge in [0, 0.05) is 6.04 Å². The quantitative estimate of drug-likeness (QED) is 0.911. The van der Waals surface area contributed by atoms with E-state index in [0.29, 0.717) is 10.8 Å². The Morgan fingerprint density at radius 1 is 1.22 bits per heavy atom. The summed E-state index contributed by atoms with van der Waals surface area (Å²) >= 11 is 0. The highest BCUT2D eigenvalue weighted by molar-refractivity contribution is 7.89. The lowest BCUT2D eigenvalue weighted by atomic mass is 10.0. The van der Waals surface area contributed by atoms with Crippen LogP contribution in [0.25, 0.3) is 0 Å². The van der Waals surface area contributed by atoms with Crippen LogP contribution in [0.5, 0.6) is 0 Å². The summed E-state index contributed by atoms with van der Waals surface area (Å²) in [4.78, 5) is 0.398. The van der Waals surface area contributed by atoms with E-state index in [9.17, 15) is 8.42 Å². The van der Waals surface area contributed by atoms with Crippen molar-refractivity contribution in [1.82, 2.24) is 4.72 Å². The van der Waals surface area contributed by atoms with E-state index in [0.717, 1.165) is 18.4 Å². The van der Waals surface area contributed by atoms with E-state index in [4.69, 9.17) is 0 Å². The molecule has 0 spiro atoms. The van der Waals surface area contributed by atoms with Crippen LogP contribution in [0.2, 0.25) is 0 Å². The number of hydrogen-bond acceptors (Lipinski definition) is 2. The molecule has 1 aliphatic rings. The van der Waals surface area contributed by atoms with Crippen LogP contribution in [-0.2, 0) is 10.0 Å². The second-order valence-electron chi connectivity index (χ2n) is 5.22. The Kier molecular flexibility index (Phi) is 4.07. The summed E-state index contributed by atoms with van der Waals surface area (Å²) < 4.78 is 27.4. The highest BCUT2D eigenvalue weighted by Gasteiger charge is 2.26. The maximum atomic E-state index is 12.3. The zero-order valence-corrected chi connectivity index (χ0v) is 11.8. The van der Waals surface area contributed by atoms with Crippen molar-refractivity contribution in [1.29, 1.82) is 0 Å². The van der Waals surface area contributed by atoms with E-state index in [1.54, 1.807) is 12.1 Å². The average molecular weight is 267 g/mol. The molecule has 1 N–H and O–H groups in total. The Labute approximate surface area is 110 Å². The Morgan fingerprint density at radius 3 is 2.44 bits per heavy atom. The van der Waals surface area contributed by atoms with Gasteiger partial charge in [-0.15, -0.1) is 0 Å². The summed E-state index contributed by atoms with van der Waals surface area (Å²) in [5.41, 5.74) is 0.795. The second kappa shape index (κ2) is 5.41. The van der Waals surface area contributed by atoms with Crippen molar-refractivity contribution in [2.75, 3.05) is 0 Å². The first-order valence-corrected chi connectivity index (χ1v) is 8.07. The van der Waals surface area contributed by atoms with Gasteiger partial charge in [-0.1, -0.05) is 31.0 Å². The maximum Gasteiger partial charge on any atom is 0.241 e. The third-order valence-corrected chi connectivity index (χ3v) is 5.55. The molecule has 0 aliphatic heterocycles. The van der Waals surface area contributed by atoms with Gasteiger partial charge in [-0.3, -0.25) is 0 Å². The summed E-state index contributed by atoms with van der Waals surface area (Å²) in [5.74, 6) is 0.490. The highest BCUT2D eigenvalue weighted by atomic mass is 32.2. The monoisotopic (exact) mass is 267 g/mol. The zero-order chi connectivity index (χ0) is 13.2. The van der Waals surface area contributed by atoms with Crippen molar-refractivity contribution in [3.05, 3.63) is 29.8 Å². The van der Waals surface area contributed by atoms with Crippen LogP contribution in [0.3, 0.4) is 0 Å². The van der Waals surface area contributed by atoms with Gasteiger partial charge < -0.3 is 0 Å². The molecule has 1 saturated carbocycles. The fourth-order valence-electron chi connectivity index (χ4n) is 2.72. The zero-order valence-electron chi connectivity index (χ0n) is 11.0. The summed E-state index contributed by atoms with van der Waals surface area (Å²) in [5, 5.41) is 0. The predicted octanol–water partition coefficient (Wildman–Crippen LogP) is 2.85. The molecule has 1 atom stereocenters. The Balaban J connectivity index is 2.14. The van der Waals surface area contributed by atoms with E-state index in [-0.39, 0.29) is 6.04 Å². The Bertz CT molecular complexity index is 504. The Morgan fingerprint density at radius 2 is 1.83 bits per heavy atom. The summed E-state index contributed by atoms with van der Waals surface area (Å²) in [6.07, 6.45) is 4.72. The lowest BCUT2D eigenvalue weighted by Crippen LogP contribution is -2.37. The molecular weight excluding hydrogens is 246 g/mol. The van der Waals surface area contributed by atoms with Crippen LogP contribution in [-0.4, -0.2) is 14.5 Å². The minimum absolute atomic E-state index is 0.0251. The van der Waals surface area contributed by atoms with E-state index in [2.05, 4.69) is 4.72 Å². The lowest BCUT2D eigenvalue weighted by Gasteiger charge is -2.20. The van der Waals surface area contributed by atoms with E-state index < -0.39 is 10.0 Å². The normalized spacial score (nSPS) is 19.0. The first-order valence-electron chi connectivity index (χ1n) is 6.58. The van der Waals surface area contributed by atoms with Gasteiger partial charge in [-0.25, -0.2) is 13.1 Å². The van der Waals surface area contributed by atoms with Crippen molar-refractivity contribution < 1.29 is 8.42 Å². The number of hydrogen-bond donors (Lipinski definition) is 1. The van der Waals surface area contributed by atoms with Gasteiger partial charge in [0.25, 0.3) is 0 Å². The highest BCUT2D eigenvalue weighted by Crippen LogP contribution is 2.28. The standard InChI is InChI=1S/C14H21NO2S/c1-11-7-3-6-10-14(11)18(16,17)15-12(2)13-8-4-5-9-13/h3,6-7,10,12-13,15H,4-5,8-9H2,1-2H3. The molecule has 0 amide bonds. The predicted molar refractivity (Wildman–Crippen MR) is 72.9 cm³/mol. The minimum atomic E-state index is -3.38. The van der Waals surface area contributed by atoms with Crippen LogP contribution in [0.1, 0.15) is 38.2 Å². The van der Waals surface area contributed by atoms with Crippen molar-refractivity contribution in [3.8, 4) is 0 Å². The SMILES string of the molecule is Cc1ccccc1S(=O)(=O)NC(C)C1CCCC1. The third kappa shape index (κ3) is 2.93. The molecule has 1 aromatic carbocycles. The smallest absolute Gasteiger partial charge is 0.208 e. The molecule has 3 nitrogen and oxygen atoms in total. The molecule has 2 rings (SSSR count). The van der Waals surface area contributed by atoms with Gasteiger partial charge in [-0.05, 0) is 44.2 Å². The van der Waals surface area contributed by atoms with Crippen LogP contribution in [0, 0.1) is 12.8 Å². The van der Waals surface area contributed by atoms with Gasteiger partial charge in [0.2, 0.25) is 10.0 Å². The van der Waals surface area contributed by atoms with Gasteiger partial charge in [0.15, 0.2) is 0 Å². The van der Waals surface area contributed by atoms with Crippen molar-refractivity contribution >= 4 is 10.0 Å². The molecule has 0 saturated heterocycles. The number of nitrogens with one attached hydrogen (secondary N) is 1.